The van der Waals surface area contributed by atoms with Crippen LogP contribution >= 0.6 is 0 Å². The first-order valence-electron chi connectivity index (χ1n) is 5.55. The lowest BCUT2D eigenvalue weighted by atomic mass is 10.1. The molecule has 0 aliphatic carbocycles. The van der Waals surface area contributed by atoms with Crippen molar-refractivity contribution >= 4 is 15.9 Å². The van der Waals surface area contributed by atoms with Gasteiger partial charge < -0.3 is 15.1 Å². The van der Waals surface area contributed by atoms with Crippen LogP contribution in [0.25, 0.3) is 0 Å². The highest BCUT2D eigenvalue weighted by Gasteiger charge is 2.25. The summed E-state index contributed by atoms with van der Waals surface area (Å²) in [6.45, 7) is 1.09. The Kier molecular flexibility index (Phi) is 3.42. The van der Waals surface area contributed by atoms with E-state index in [1.165, 1.54) is 12.1 Å². The summed E-state index contributed by atoms with van der Waals surface area (Å²) in [6.07, 6.45) is 1.46. The topological polar surface area (TPSA) is 120 Å². The Morgan fingerprint density at radius 3 is 2.44 bits per heavy atom. The number of carbonyl (C=O) groups is 1. The highest BCUT2D eigenvalue weighted by atomic mass is 32.2. The van der Waals surface area contributed by atoms with E-state index < -0.39 is 15.1 Å². The number of hydrogen-bond acceptors (Lipinski definition) is 5. The second kappa shape index (κ2) is 4.71. The molecule has 2 rings (SSSR count). The molecule has 0 unspecified atom stereocenters. The van der Waals surface area contributed by atoms with Gasteiger partial charge in [0.25, 0.3) is 15.9 Å². The van der Waals surface area contributed by atoms with Crippen molar-refractivity contribution in [2.75, 3.05) is 13.1 Å². The summed E-state index contributed by atoms with van der Waals surface area (Å²) in [5.74, 6) is -0.355. The zero-order chi connectivity index (χ0) is 13.3. The smallest absolute Gasteiger partial charge is 0.289 e. The van der Waals surface area contributed by atoms with Crippen LogP contribution in [-0.4, -0.2) is 38.4 Å². The van der Waals surface area contributed by atoms with Crippen molar-refractivity contribution in [3.8, 4) is 0 Å². The van der Waals surface area contributed by atoms with Crippen molar-refractivity contribution in [3.63, 3.8) is 0 Å². The van der Waals surface area contributed by atoms with Crippen LogP contribution < -0.4 is 10.9 Å². The van der Waals surface area contributed by atoms with Crippen molar-refractivity contribution in [1.82, 2.24) is 4.90 Å². The van der Waals surface area contributed by atoms with Gasteiger partial charge in [0, 0.05) is 19.1 Å². The third-order valence-corrected chi connectivity index (χ3v) is 3.68. The zero-order valence-corrected chi connectivity index (χ0v) is 10.5. The number of primary sulfonamides is 1. The van der Waals surface area contributed by atoms with E-state index in [1.807, 2.05) is 0 Å². The van der Waals surface area contributed by atoms with Crippen LogP contribution in [0.15, 0.2) is 21.6 Å². The van der Waals surface area contributed by atoms with E-state index >= 15 is 0 Å². The van der Waals surface area contributed by atoms with E-state index in [1.54, 1.807) is 4.90 Å². The minimum absolute atomic E-state index is 0.0190. The molecule has 0 radical (unpaired) electrons. The number of rotatable bonds is 2. The average molecular weight is 273 g/mol. The number of carbonyl (C=O) groups excluding carboxylic acids is 1. The Morgan fingerprint density at radius 2 is 1.94 bits per heavy atom. The fraction of sp³-hybridized carbons (Fsp3) is 0.500. The number of sulfonamides is 1. The fourth-order valence-electron chi connectivity index (χ4n) is 1.85. The third kappa shape index (κ3) is 2.71. The Balaban J connectivity index is 2.12. The van der Waals surface area contributed by atoms with Gasteiger partial charge in [0.2, 0.25) is 5.09 Å². The molecule has 4 N–H and O–H groups in total. The van der Waals surface area contributed by atoms with Crippen LogP contribution in [0.3, 0.4) is 0 Å². The number of nitrogens with two attached hydrogens (primary N) is 2. The quantitative estimate of drug-likeness (QED) is 0.752. The summed E-state index contributed by atoms with van der Waals surface area (Å²) in [5.41, 5.74) is 5.74. The monoisotopic (exact) mass is 273 g/mol. The van der Waals surface area contributed by atoms with E-state index in [9.17, 15) is 13.2 Å². The highest BCUT2D eigenvalue weighted by Crippen LogP contribution is 2.17. The maximum Gasteiger partial charge on any atom is 0.289 e. The number of hydrogen-bond donors (Lipinski definition) is 2. The molecule has 2 heterocycles. The van der Waals surface area contributed by atoms with Crippen molar-refractivity contribution in [2.45, 2.75) is 24.0 Å². The summed E-state index contributed by atoms with van der Waals surface area (Å²) in [4.78, 5) is 13.6. The molecule has 100 valence electrons. The van der Waals surface area contributed by atoms with Gasteiger partial charge in [-0.3, -0.25) is 4.79 Å². The maximum absolute atomic E-state index is 12.0. The molecule has 0 bridgehead atoms. The number of likely N-dealkylation sites (tertiary alicyclic amines) is 1. The predicted octanol–water partition coefficient (Wildman–Crippen LogP) is -0.510. The average Bonchev–Trinajstić information content (AvgIpc) is 2.78. The normalized spacial score (nSPS) is 18.0. The molecule has 0 atom stereocenters. The Labute approximate surface area is 105 Å². The summed E-state index contributed by atoms with van der Waals surface area (Å²) in [7, 11) is -3.91. The van der Waals surface area contributed by atoms with Crippen LogP contribution in [0.1, 0.15) is 23.4 Å². The Bertz CT molecular complexity index is 543. The van der Waals surface area contributed by atoms with Crippen molar-refractivity contribution < 1.29 is 17.6 Å². The van der Waals surface area contributed by atoms with Gasteiger partial charge in [-0.25, -0.2) is 13.6 Å². The summed E-state index contributed by atoms with van der Waals surface area (Å²) < 4.78 is 27.0. The standard InChI is InChI=1S/C10H15N3O4S/c11-7-3-5-13(6-4-7)10(14)8-1-2-9(17-8)18(12,15)16/h1-2,7H,3-6,11H2,(H2,12,15,16). The third-order valence-electron chi connectivity index (χ3n) is 2.90. The van der Waals surface area contributed by atoms with Gasteiger partial charge in [0.15, 0.2) is 5.76 Å². The lowest BCUT2D eigenvalue weighted by Gasteiger charge is -2.29. The molecule has 1 saturated heterocycles. The lowest BCUT2D eigenvalue weighted by Crippen LogP contribution is -2.42. The largest absolute Gasteiger partial charge is 0.438 e. The SMILES string of the molecule is NC1CCN(C(=O)c2ccc(S(N)(=O)=O)o2)CC1. The first-order valence-corrected chi connectivity index (χ1v) is 7.10. The lowest BCUT2D eigenvalue weighted by molar-refractivity contribution is 0.0677. The van der Waals surface area contributed by atoms with E-state index in [0.717, 1.165) is 12.8 Å². The summed E-state index contributed by atoms with van der Waals surface area (Å²) in [6, 6.07) is 2.61. The zero-order valence-electron chi connectivity index (χ0n) is 9.70. The Hall–Kier alpha value is -1.38. The second-order valence-electron chi connectivity index (χ2n) is 4.29. The van der Waals surface area contributed by atoms with Gasteiger partial charge in [-0.1, -0.05) is 0 Å². The second-order valence-corrected chi connectivity index (χ2v) is 5.79. The maximum atomic E-state index is 12.0. The summed E-state index contributed by atoms with van der Waals surface area (Å²) in [5, 5.41) is 4.50. The van der Waals surface area contributed by atoms with Gasteiger partial charge in [0.05, 0.1) is 0 Å². The first-order chi connectivity index (χ1) is 8.38. The predicted molar refractivity (Wildman–Crippen MR) is 63.2 cm³/mol. The van der Waals surface area contributed by atoms with E-state index in [4.69, 9.17) is 15.3 Å². The van der Waals surface area contributed by atoms with Gasteiger partial charge in [-0.15, -0.1) is 0 Å². The van der Waals surface area contributed by atoms with Crippen molar-refractivity contribution in [2.24, 2.45) is 10.9 Å². The molecule has 1 aromatic rings. The van der Waals surface area contributed by atoms with Gasteiger partial charge in [-0.2, -0.15) is 0 Å². The molecule has 1 fully saturated rings. The van der Waals surface area contributed by atoms with Crippen LogP contribution in [0.2, 0.25) is 0 Å². The Morgan fingerprint density at radius 1 is 1.33 bits per heavy atom. The number of amides is 1. The molecular weight excluding hydrogens is 258 g/mol. The van der Waals surface area contributed by atoms with Crippen molar-refractivity contribution in [3.05, 3.63) is 17.9 Å². The molecule has 8 heteroatoms. The highest BCUT2D eigenvalue weighted by molar-refractivity contribution is 7.89. The molecule has 0 aromatic carbocycles. The van der Waals surface area contributed by atoms with Gasteiger partial charge in [-0.05, 0) is 25.0 Å². The number of piperidine rings is 1. The fourth-order valence-corrected chi connectivity index (χ4v) is 2.31. The summed E-state index contributed by atoms with van der Waals surface area (Å²) >= 11 is 0. The number of furan rings is 1. The van der Waals surface area contributed by atoms with E-state index in [0.29, 0.717) is 13.1 Å². The molecule has 1 aliphatic rings. The van der Waals surface area contributed by atoms with Crippen LogP contribution in [-0.2, 0) is 10.0 Å². The molecule has 1 amide bonds. The molecule has 1 aromatic heterocycles. The molecular formula is C10H15N3O4S. The van der Waals surface area contributed by atoms with E-state index in [2.05, 4.69) is 0 Å². The number of nitrogens with zero attached hydrogens (tertiary/aromatic N) is 1. The molecule has 0 saturated carbocycles. The minimum atomic E-state index is -3.91. The van der Waals surface area contributed by atoms with Crippen molar-refractivity contribution in [1.29, 1.82) is 0 Å². The van der Waals surface area contributed by atoms with Crippen LogP contribution in [0, 0.1) is 0 Å². The molecule has 7 nitrogen and oxygen atoms in total. The minimum Gasteiger partial charge on any atom is -0.438 e. The molecule has 1 aliphatic heterocycles. The van der Waals surface area contributed by atoms with Gasteiger partial charge in [0.1, 0.15) is 0 Å². The molecule has 18 heavy (non-hydrogen) atoms. The molecule has 0 spiro atoms. The van der Waals surface area contributed by atoms with Crippen LogP contribution in [0.5, 0.6) is 0 Å². The first kappa shape index (κ1) is 13.1. The van der Waals surface area contributed by atoms with Gasteiger partial charge >= 0.3 is 0 Å². The van der Waals surface area contributed by atoms with E-state index in [-0.39, 0.29) is 17.7 Å². The van der Waals surface area contributed by atoms with Crippen LogP contribution in [0.4, 0.5) is 0 Å².